The zero-order valence-corrected chi connectivity index (χ0v) is 12.0. The summed E-state index contributed by atoms with van der Waals surface area (Å²) in [6.07, 6.45) is 2.83. The van der Waals surface area contributed by atoms with Gasteiger partial charge in [0.05, 0.1) is 12.6 Å². The first-order valence-electron chi connectivity index (χ1n) is 7.07. The lowest BCUT2D eigenvalue weighted by Crippen LogP contribution is -2.05. The average molecular weight is 278 g/mol. The monoisotopic (exact) mass is 278 g/mol. The maximum Gasteiger partial charge on any atom is 0.119 e. The minimum atomic E-state index is 0.849. The van der Waals surface area contributed by atoms with Gasteiger partial charge in [0.2, 0.25) is 0 Å². The number of rotatable bonds is 5. The SMILES string of the molecule is COc1ccc2nccc(NCCc3ccccc3)c2c1. The maximum atomic E-state index is 5.30. The summed E-state index contributed by atoms with van der Waals surface area (Å²) in [6.45, 7) is 0.889. The Morgan fingerprint density at radius 2 is 1.90 bits per heavy atom. The van der Waals surface area contributed by atoms with E-state index in [1.54, 1.807) is 7.11 Å². The van der Waals surface area contributed by atoms with Crippen molar-refractivity contribution in [1.29, 1.82) is 0 Å². The largest absolute Gasteiger partial charge is 0.497 e. The number of aromatic nitrogens is 1. The number of fused-ring (bicyclic) bond motifs is 1. The van der Waals surface area contributed by atoms with E-state index in [0.717, 1.165) is 35.3 Å². The molecule has 0 amide bonds. The molecular weight excluding hydrogens is 260 g/mol. The lowest BCUT2D eigenvalue weighted by atomic mass is 10.1. The van der Waals surface area contributed by atoms with Crippen molar-refractivity contribution in [3.05, 3.63) is 66.4 Å². The number of benzene rings is 2. The summed E-state index contributed by atoms with van der Waals surface area (Å²) in [5.41, 5.74) is 3.40. The van der Waals surface area contributed by atoms with Crippen molar-refractivity contribution >= 4 is 16.6 Å². The minimum absolute atomic E-state index is 0.849. The van der Waals surface area contributed by atoms with Crippen molar-refractivity contribution in [2.75, 3.05) is 19.0 Å². The number of ether oxygens (including phenoxy) is 1. The number of nitrogens with one attached hydrogen (secondary N) is 1. The van der Waals surface area contributed by atoms with Crippen molar-refractivity contribution in [3.8, 4) is 5.75 Å². The Morgan fingerprint density at radius 1 is 1.05 bits per heavy atom. The fourth-order valence-corrected chi connectivity index (χ4v) is 2.39. The van der Waals surface area contributed by atoms with E-state index in [4.69, 9.17) is 4.74 Å². The summed E-state index contributed by atoms with van der Waals surface area (Å²) in [7, 11) is 1.68. The van der Waals surface area contributed by atoms with Crippen LogP contribution >= 0.6 is 0 Å². The van der Waals surface area contributed by atoms with Crippen LogP contribution in [0, 0.1) is 0 Å². The van der Waals surface area contributed by atoms with Crippen LogP contribution in [-0.2, 0) is 6.42 Å². The third kappa shape index (κ3) is 3.14. The molecule has 1 aromatic heterocycles. The standard InChI is InChI=1S/C18H18N2O/c1-21-15-7-8-17-16(13-15)18(10-12-20-17)19-11-9-14-5-3-2-4-6-14/h2-8,10,12-13H,9,11H2,1H3,(H,19,20). The number of methoxy groups -OCH3 is 1. The molecule has 0 saturated heterocycles. The third-order valence-corrected chi connectivity index (χ3v) is 3.52. The first-order chi connectivity index (χ1) is 10.4. The molecule has 0 aliphatic carbocycles. The molecule has 2 aromatic carbocycles. The maximum absolute atomic E-state index is 5.30. The quantitative estimate of drug-likeness (QED) is 0.768. The number of hydrogen-bond donors (Lipinski definition) is 1. The van der Waals surface area contributed by atoms with E-state index in [1.165, 1.54) is 5.56 Å². The van der Waals surface area contributed by atoms with Gasteiger partial charge < -0.3 is 10.1 Å². The van der Waals surface area contributed by atoms with Gasteiger partial charge >= 0.3 is 0 Å². The molecule has 106 valence electrons. The normalized spacial score (nSPS) is 10.5. The van der Waals surface area contributed by atoms with Crippen LogP contribution in [-0.4, -0.2) is 18.6 Å². The van der Waals surface area contributed by atoms with E-state index in [1.807, 2.05) is 36.5 Å². The van der Waals surface area contributed by atoms with E-state index in [0.29, 0.717) is 0 Å². The van der Waals surface area contributed by atoms with Gasteiger partial charge in [0.15, 0.2) is 0 Å². The van der Waals surface area contributed by atoms with Gasteiger partial charge in [0, 0.05) is 23.8 Å². The molecule has 0 unspecified atom stereocenters. The van der Waals surface area contributed by atoms with Gasteiger partial charge in [-0.15, -0.1) is 0 Å². The van der Waals surface area contributed by atoms with Crippen LogP contribution < -0.4 is 10.1 Å². The lowest BCUT2D eigenvalue weighted by molar-refractivity contribution is 0.415. The second kappa shape index (κ2) is 6.27. The van der Waals surface area contributed by atoms with Crippen molar-refractivity contribution < 1.29 is 4.74 Å². The summed E-state index contributed by atoms with van der Waals surface area (Å²) in [5, 5.41) is 4.58. The summed E-state index contributed by atoms with van der Waals surface area (Å²) >= 11 is 0. The van der Waals surface area contributed by atoms with Crippen LogP contribution in [0.3, 0.4) is 0 Å². The molecule has 0 atom stereocenters. The Balaban J connectivity index is 1.77. The predicted octanol–water partition coefficient (Wildman–Crippen LogP) is 3.90. The molecule has 0 spiro atoms. The number of hydrogen-bond acceptors (Lipinski definition) is 3. The highest BCUT2D eigenvalue weighted by atomic mass is 16.5. The zero-order valence-electron chi connectivity index (χ0n) is 12.0. The van der Waals surface area contributed by atoms with E-state index in [-0.39, 0.29) is 0 Å². The molecule has 0 radical (unpaired) electrons. The molecule has 21 heavy (non-hydrogen) atoms. The Hall–Kier alpha value is -2.55. The second-order valence-corrected chi connectivity index (χ2v) is 4.90. The van der Waals surface area contributed by atoms with Crippen LogP contribution in [0.15, 0.2) is 60.8 Å². The highest BCUT2D eigenvalue weighted by molar-refractivity contribution is 5.92. The second-order valence-electron chi connectivity index (χ2n) is 4.90. The fourth-order valence-electron chi connectivity index (χ4n) is 2.39. The minimum Gasteiger partial charge on any atom is -0.497 e. The summed E-state index contributed by atoms with van der Waals surface area (Å²) < 4.78 is 5.30. The van der Waals surface area contributed by atoms with Crippen LogP contribution in [0.2, 0.25) is 0 Å². The van der Waals surface area contributed by atoms with E-state index in [9.17, 15) is 0 Å². The molecule has 3 nitrogen and oxygen atoms in total. The first-order valence-corrected chi connectivity index (χ1v) is 7.07. The van der Waals surface area contributed by atoms with Gasteiger partial charge in [-0.2, -0.15) is 0 Å². The van der Waals surface area contributed by atoms with E-state index < -0.39 is 0 Å². The molecule has 1 N–H and O–H groups in total. The molecule has 3 heteroatoms. The molecule has 0 aliphatic heterocycles. The fraction of sp³-hybridized carbons (Fsp3) is 0.167. The van der Waals surface area contributed by atoms with Gasteiger partial charge in [-0.25, -0.2) is 0 Å². The molecule has 0 aliphatic rings. The molecule has 0 saturated carbocycles. The van der Waals surface area contributed by atoms with Crippen LogP contribution in [0.25, 0.3) is 10.9 Å². The van der Waals surface area contributed by atoms with Gasteiger partial charge in [0.1, 0.15) is 5.75 Å². The van der Waals surface area contributed by atoms with Crippen molar-refractivity contribution in [2.24, 2.45) is 0 Å². The molecule has 1 heterocycles. The van der Waals surface area contributed by atoms with Crippen LogP contribution in [0.5, 0.6) is 5.75 Å². The van der Waals surface area contributed by atoms with Crippen LogP contribution in [0.4, 0.5) is 5.69 Å². The molecule has 0 fully saturated rings. The van der Waals surface area contributed by atoms with Gasteiger partial charge in [-0.05, 0) is 36.2 Å². The predicted molar refractivity (Wildman–Crippen MR) is 86.9 cm³/mol. The highest BCUT2D eigenvalue weighted by Gasteiger charge is 2.03. The van der Waals surface area contributed by atoms with E-state index >= 15 is 0 Å². The zero-order chi connectivity index (χ0) is 14.5. The molecular formula is C18H18N2O. The topological polar surface area (TPSA) is 34.1 Å². The van der Waals surface area contributed by atoms with E-state index in [2.05, 4.69) is 34.6 Å². The molecule has 3 rings (SSSR count). The first kappa shape index (κ1) is 13.4. The smallest absolute Gasteiger partial charge is 0.119 e. The summed E-state index contributed by atoms with van der Waals surface area (Å²) in [5.74, 6) is 0.849. The van der Waals surface area contributed by atoms with Crippen molar-refractivity contribution in [2.45, 2.75) is 6.42 Å². The molecule has 0 bridgehead atoms. The highest BCUT2D eigenvalue weighted by Crippen LogP contribution is 2.25. The van der Waals surface area contributed by atoms with Crippen LogP contribution in [0.1, 0.15) is 5.56 Å². The Bertz CT molecular complexity index is 726. The number of pyridine rings is 1. The van der Waals surface area contributed by atoms with Crippen molar-refractivity contribution in [1.82, 2.24) is 4.98 Å². The van der Waals surface area contributed by atoms with Gasteiger partial charge in [-0.3, -0.25) is 4.98 Å². The van der Waals surface area contributed by atoms with Gasteiger partial charge in [0.25, 0.3) is 0 Å². The third-order valence-electron chi connectivity index (χ3n) is 3.52. The molecule has 3 aromatic rings. The Labute approximate surface area is 124 Å². The number of anilines is 1. The van der Waals surface area contributed by atoms with Crippen molar-refractivity contribution in [3.63, 3.8) is 0 Å². The summed E-state index contributed by atoms with van der Waals surface area (Å²) in [4.78, 5) is 4.39. The Kier molecular flexibility index (Phi) is 4.01. The summed E-state index contributed by atoms with van der Waals surface area (Å²) in [6, 6.07) is 18.4. The average Bonchev–Trinajstić information content (AvgIpc) is 2.55. The number of nitrogens with zero attached hydrogens (tertiary/aromatic N) is 1. The Morgan fingerprint density at radius 3 is 2.71 bits per heavy atom. The lowest BCUT2D eigenvalue weighted by Gasteiger charge is -2.10. The van der Waals surface area contributed by atoms with Gasteiger partial charge in [-0.1, -0.05) is 30.3 Å².